The normalized spacial score (nSPS) is 19.2. The summed E-state index contributed by atoms with van der Waals surface area (Å²) in [4.78, 5) is 11.9. The number of ether oxygens (including phenoxy) is 1. The first kappa shape index (κ1) is 17.0. The van der Waals surface area contributed by atoms with Gasteiger partial charge in [0.2, 0.25) is 0 Å². The van der Waals surface area contributed by atoms with Gasteiger partial charge in [-0.15, -0.1) is 0 Å². The summed E-state index contributed by atoms with van der Waals surface area (Å²) in [6, 6.07) is 4.59. The van der Waals surface area contributed by atoms with Crippen LogP contribution in [-0.4, -0.2) is 17.6 Å². The van der Waals surface area contributed by atoms with Gasteiger partial charge in [0.15, 0.2) is 0 Å². The summed E-state index contributed by atoms with van der Waals surface area (Å²) < 4.78 is 31.6. The van der Waals surface area contributed by atoms with Crippen LogP contribution in [0.2, 0.25) is 5.02 Å². The molecule has 4 nitrogen and oxygen atoms in total. The second-order valence-corrected chi connectivity index (χ2v) is 7.12. The Hall–Kier alpha value is -1.40. The van der Waals surface area contributed by atoms with E-state index in [-0.39, 0.29) is 0 Å². The molecule has 0 atom stereocenters. The van der Waals surface area contributed by atoms with E-state index in [1.54, 1.807) is 26.8 Å². The molecule has 0 bridgehead atoms. The maximum Gasteiger partial charge on any atom is 0.412 e. The number of amides is 1. The molecular formula is C15H19ClF2N2O2. The highest BCUT2D eigenvalue weighted by molar-refractivity contribution is 6.30. The van der Waals surface area contributed by atoms with Crippen LogP contribution >= 0.6 is 11.6 Å². The number of alkyl halides is 2. The van der Waals surface area contributed by atoms with Crippen molar-refractivity contribution in [2.24, 2.45) is 5.73 Å². The zero-order valence-electron chi connectivity index (χ0n) is 12.7. The van der Waals surface area contributed by atoms with Gasteiger partial charge >= 0.3 is 6.09 Å². The summed E-state index contributed by atoms with van der Waals surface area (Å²) in [6.45, 7) is 5.19. The Morgan fingerprint density at radius 3 is 2.45 bits per heavy atom. The van der Waals surface area contributed by atoms with Crippen LogP contribution in [0.5, 0.6) is 0 Å². The standard InChI is InChI=1S/C15H19ClF2N2O2/c1-13(2,3)22-12(21)20-11-5-4-9(16)6-10(11)14(19)7-15(17,18)8-14/h4-6H,7-8,19H2,1-3H3,(H,20,21). The fraction of sp³-hybridized carbons (Fsp3) is 0.533. The van der Waals surface area contributed by atoms with Gasteiger partial charge in [0, 0.05) is 23.6 Å². The van der Waals surface area contributed by atoms with E-state index in [0.29, 0.717) is 16.3 Å². The number of rotatable bonds is 2. The maximum atomic E-state index is 13.2. The second kappa shape index (κ2) is 5.35. The lowest BCUT2D eigenvalue weighted by atomic mass is 9.69. The van der Waals surface area contributed by atoms with E-state index in [1.807, 2.05) is 0 Å². The largest absolute Gasteiger partial charge is 0.444 e. The Morgan fingerprint density at radius 2 is 1.95 bits per heavy atom. The highest BCUT2D eigenvalue weighted by Crippen LogP contribution is 2.51. The van der Waals surface area contributed by atoms with Crippen molar-refractivity contribution in [1.82, 2.24) is 0 Å². The topological polar surface area (TPSA) is 64.3 Å². The molecule has 122 valence electrons. The molecule has 1 aromatic carbocycles. The molecule has 3 N–H and O–H groups in total. The number of halogens is 3. The molecule has 1 aromatic rings. The van der Waals surface area contributed by atoms with E-state index in [0.717, 1.165) is 0 Å². The van der Waals surface area contributed by atoms with Gasteiger partial charge in [-0.1, -0.05) is 11.6 Å². The van der Waals surface area contributed by atoms with Gasteiger partial charge in [0.1, 0.15) is 5.60 Å². The van der Waals surface area contributed by atoms with Gasteiger partial charge in [0.05, 0.1) is 5.54 Å². The molecule has 1 aliphatic rings. The quantitative estimate of drug-likeness (QED) is 0.850. The van der Waals surface area contributed by atoms with Gasteiger partial charge in [-0.2, -0.15) is 0 Å². The molecule has 7 heteroatoms. The number of carbonyl (C=O) groups is 1. The summed E-state index contributed by atoms with van der Waals surface area (Å²) in [5.41, 5.74) is 4.88. The summed E-state index contributed by atoms with van der Waals surface area (Å²) in [5.74, 6) is -2.79. The molecule has 0 radical (unpaired) electrons. The number of nitrogens with two attached hydrogens (primary N) is 1. The lowest BCUT2D eigenvalue weighted by Crippen LogP contribution is -2.55. The molecule has 0 unspecified atom stereocenters. The van der Waals surface area contributed by atoms with E-state index < -0.39 is 36.0 Å². The summed E-state index contributed by atoms with van der Waals surface area (Å²) in [7, 11) is 0. The molecule has 0 aliphatic heterocycles. The number of benzene rings is 1. The lowest BCUT2D eigenvalue weighted by molar-refractivity contribution is -0.124. The third-order valence-corrected chi connectivity index (χ3v) is 3.54. The Morgan fingerprint density at radius 1 is 1.36 bits per heavy atom. The van der Waals surface area contributed by atoms with Gasteiger partial charge in [-0.05, 0) is 44.5 Å². The van der Waals surface area contributed by atoms with Crippen LogP contribution in [0.3, 0.4) is 0 Å². The number of carbonyl (C=O) groups excluding carboxylic acids is 1. The van der Waals surface area contributed by atoms with Crippen LogP contribution in [0.25, 0.3) is 0 Å². The third-order valence-electron chi connectivity index (χ3n) is 3.30. The van der Waals surface area contributed by atoms with Crippen molar-refractivity contribution in [2.75, 3.05) is 5.32 Å². The molecule has 0 heterocycles. The average Bonchev–Trinajstić information content (AvgIpc) is 2.26. The van der Waals surface area contributed by atoms with Crippen molar-refractivity contribution in [3.05, 3.63) is 28.8 Å². The van der Waals surface area contributed by atoms with Crippen LogP contribution < -0.4 is 11.1 Å². The number of hydrogen-bond acceptors (Lipinski definition) is 3. The number of nitrogens with one attached hydrogen (secondary N) is 1. The van der Waals surface area contributed by atoms with E-state index in [4.69, 9.17) is 22.1 Å². The molecule has 2 rings (SSSR count). The van der Waals surface area contributed by atoms with Gasteiger partial charge < -0.3 is 10.5 Å². The van der Waals surface area contributed by atoms with Crippen LogP contribution in [0.1, 0.15) is 39.2 Å². The molecule has 1 saturated carbocycles. The number of hydrogen-bond donors (Lipinski definition) is 2. The van der Waals surface area contributed by atoms with Crippen LogP contribution in [0, 0.1) is 0 Å². The predicted molar refractivity (Wildman–Crippen MR) is 81.4 cm³/mol. The van der Waals surface area contributed by atoms with E-state index in [1.165, 1.54) is 12.1 Å². The SMILES string of the molecule is CC(C)(C)OC(=O)Nc1ccc(Cl)cc1C1(N)CC(F)(F)C1. The van der Waals surface area contributed by atoms with Gasteiger partial charge in [-0.25, -0.2) is 13.6 Å². The molecule has 0 aromatic heterocycles. The fourth-order valence-corrected chi connectivity index (χ4v) is 2.68. The predicted octanol–water partition coefficient (Wildman–Crippen LogP) is 4.27. The molecule has 22 heavy (non-hydrogen) atoms. The first-order chi connectivity index (χ1) is 9.90. The third kappa shape index (κ3) is 3.87. The molecule has 0 spiro atoms. The molecule has 1 fully saturated rings. The summed E-state index contributed by atoms with van der Waals surface area (Å²) in [5, 5.41) is 2.92. The zero-order chi connectivity index (χ0) is 16.8. The minimum absolute atomic E-state index is 0.330. The van der Waals surface area contributed by atoms with E-state index in [9.17, 15) is 13.6 Å². The number of anilines is 1. The van der Waals surface area contributed by atoms with Crippen molar-refractivity contribution >= 4 is 23.4 Å². The second-order valence-electron chi connectivity index (χ2n) is 6.68. The highest BCUT2D eigenvalue weighted by atomic mass is 35.5. The van der Waals surface area contributed by atoms with Crippen molar-refractivity contribution in [2.45, 2.75) is 50.7 Å². The Balaban J connectivity index is 2.24. The Bertz CT molecular complexity index is 592. The summed E-state index contributed by atoms with van der Waals surface area (Å²) >= 11 is 5.93. The first-order valence-electron chi connectivity index (χ1n) is 6.87. The zero-order valence-corrected chi connectivity index (χ0v) is 13.4. The van der Waals surface area contributed by atoms with Crippen molar-refractivity contribution in [3.8, 4) is 0 Å². The van der Waals surface area contributed by atoms with Gasteiger partial charge in [0.25, 0.3) is 5.92 Å². The van der Waals surface area contributed by atoms with Crippen LogP contribution in [0.15, 0.2) is 18.2 Å². The summed E-state index contributed by atoms with van der Waals surface area (Å²) in [6.07, 6.45) is -1.64. The van der Waals surface area contributed by atoms with Crippen LogP contribution in [0.4, 0.5) is 19.3 Å². The Kier molecular flexibility index (Phi) is 4.13. The minimum Gasteiger partial charge on any atom is -0.444 e. The van der Waals surface area contributed by atoms with Crippen molar-refractivity contribution in [1.29, 1.82) is 0 Å². The smallest absolute Gasteiger partial charge is 0.412 e. The van der Waals surface area contributed by atoms with E-state index >= 15 is 0 Å². The maximum absolute atomic E-state index is 13.2. The van der Waals surface area contributed by atoms with E-state index in [2.05, 4.69) is 5.32 Å². The lowest BCUT2D eigenvalue weighted by Gasteiger charge is -2.45. The minimum atomic E-state index is -2.79. The Labute approximate surface area is 133 Å². The molecule has 1 aliphatic carbocycles. The van der Waals surface area contributed by atoms with Crippen molar-refractivity contribution in [3.63, 3.8) is 0 Å². The molecule has 0 saturated heterocycles. The van der Waals surface area contributed by atoms with Gasteiger partial charge in [-0.3, -0.25) is 5.32 Å². The highest BCUT2D eigenvalue weighted by Gasteiger charge is 2.56. The fourth-order valence-electron chi connectivity index (χ4n) is 2.51. The van der Waals surface area contributed by atoms with Crippen LogP contribution in [-0.2, 0) is 10.3 Å². The molecular weight excluding hydrogens is 314 g/mol. The first-order valence-corrected chi connectivity index (χ1v) is 7.25. The monoisotopic (exact) mass is 332 g/mol. The molecule has 1 amide bonds. The average molecular weight is 333 g/mol. The van der Waals surface area contributed by atoms with Crippen molar-refractivity contribution < 1.29 is 18.3 Å².